The van der Waals surface area contributed by atoms with Crippen LogP contribution in [0.2, 0.25) is 0 Å². The lowest BCUT2D eigenvalue weighted by Gasteiger charge is -2.38. The lowest BCUT2D eigenvalue weighted by molar-refractivity contribution is -0.0170. The van der Waals surface area contributed by atoms with Crippen LogP contribution in [0, 0.1) is 0 Å². The van der Waals surface area contributed by atoms with Gasteiger partial charge in [0, 0.05) is 25.9 Å². The summed E-state index contributed by atoms with van der Waals surface area (Å²) in [4.78, 5) is 29.0. The van der Waals surface area contributed by atoms with E-state index < -0.39 is 11.2 Å². The van der Waals surface area contributed by atoms with Gasteiger partial charge in [0.1, 0.15) is 11.2 Å². The standard InChI is InChI=1S/C25H30N2O4/c1-24(2,3)30-22(28)26-16-14-25(15-17-26)18-27(23(29)31-25)21(19-10-6-4-7-11-19)20-12-8-5-9-13-20/h4-13,21H,14-18H2,1-3H3. The fraction of sp³-hybridized carbons (Fsp3) is 0.440. The van der Waals surface area contributed by atoms with Crippen molar-refractivity contribution in [3.8, 4) is 0 Å². The van der Waals surface area contributed by atoms with Gasteiger partial charge in [-0.05, 0) is 31.9 Å². The average Bonchev–Trinajstić information content (AvgIpc) is 3.04. The maximum Gasteiger partial charge on any atom is 0.411 e. The van der Waals surface area contributed by atoms with Gasteiger partial charge in [0.15, 0.2) is 0 Å². The predicted molar refractivity (Wildman–Crippen MR) is 118 cm³/mol. The zero-order chi connectivity index (χ0) is 22.1. The molecule has 2 fully saturated rings. The summed E-state index contributed by atoms with van der Waals surface area (Å²) in [7, 11) is 0. The predicted octanol–water partition coefficient (Wildman–Crippen LogP) is 5.00. The Hall–Kier alpha value is -3.02. The number of ether oxygens (including phenoxy) is 2. The van der Waals surface area contributed by atoms with E-state index in [9.17, 15) is 9.59 Å². The molecule has 0 aliphatic carbocycles. The molecule has 2 aromatic carbocycles. The quantitative estimate of drug-likeness (QED) is 0.699. The molecule has 2 aliphatic rings. The third-order valence-electron chi connectivity index (χ3n) is 5.87. The largest absolute Gasteiger partial charge is 0.444 e. The minimum absolute atomic E-state index is 0.210. The van der Waals surface area contributed by atoms with E-state index in [1.165, 1.54) is 0 Å². The molecular formula is C25H30N2O4. The van der Waals surface area contributed by atoms with Crippen molar-refractivity contribution < 1.29 is 19.1 Å². The fourth-order valence-corrected chi connectivity index (χ4v) is 4.35. The second-order valence-electron chi connectivity index (χ2n) is 9.37. The Morgan fingerprint density at radius 2 is 1.48 bits per heavy atom. The first-order chi connectivity index (χ1) is 14.8. The smallest absolute Gasteiger partial charge is 0.411 e. The summed E-state index contributed by atoms with van der Waals surface area (Å²) >= 11 is 0. The van der Waals surface area contributed by atoms with E-state index in [0.29, 0.717) is 32.5 Å². The number of piperidine rings is 1. The van der Waals surface area contributed by atoms with Crippen molar-refractivity contribution >= 4 is 12.2 Å². The van der Waals surface area contributed by atoms with Crippen LogP contribution in [-0.2, 0) is 9.47 Å². The Balaban J connectivity index is 1.51. The second-order valence-corrected chi connectivity index (χ2v) is 9.37. The monoisotopic (exact) mass is 422 g/mol. The van der Waals surface area contributed by atoms with Crippen LogP contribution in [0.5, 0.6) is 0 Å². The molecule has 0 N–H and O–H groups in total. The maximum absolute atomic E-state index is 13.0. The van der Waals surface area contributed by atoms with Gasteiger partial charge < -0.3 is 14.4 Å². The van der Waals surface area contributed by atoms with Crippen molar-refractivity contribution in [2.75, 3.05) is 19.6 Å². The molecule has 0 atom stereocenters. The van der Waals surface area contributed by atoms with Gasteiger partial charge in [-0.3, -0.25) is 4.90 Å². The molecule has 0 unspecified atom stereocenters. The van der Waals surface area contributed by atoms with Crippen LogP contribution in [0.1, 0.15) is 50.8 Å². The molecule has 2 amide bonds. The van der Waals surface area contributed by atoms with E-state index in [2.05, 4.69) is 0 Å². The van der Waals surface area contributed by atoms with Gasteiger partial charge >= 0.3 is 12.2 Å². The van der Waals surface area contributed by atoms with E-state index in [0.717, 1.165) is 11.1 Å². The van der Waals surface area contributed by atoms with E-state index in [4.69, 9.17) is 9.47 Å². The lowest BCUT2D eigenvalue weighted by Crippen LogP contribution is -2.50. The van der Waals surface area contributed by atoms with Crippen LogP contribution in [0.3, 0.4) is 0 Å². The Labute approximate surface area is 183 Å². The molecule has 4 rings (SSSR count). The van der Waals surface area contributed by atoms with Crippen LogP contribution in [-0.4, -0.2) is 52.8 Å². The van der Waals surface area contributed by atoms with Crippen molar-refractivity contribution in [2.45, 2.75) is 50.9 Å². The molecule has 2 aliphatic heterocycles. The zero-order valence-electron chi connectivity index (χ0n) is 18.4. The van der Waals surface area contributed by atoms with Gasteiger partial charge in [-0.1, -0.05) is 60.7 Å². The Morgan fingerprint density at radius 3 is 1.97 bits per heavy atom. The SMILES string of the molecule is CC(C)(C)OC(=O)N1CCC2(CC1)CN(C(c1ccccc1)c1ccccc1)C(=O)O2. The second kappa shape index (κ2) is 8.25. The molecule has 6 heteroatoms. The molecule has 0 radical (unpaired) electrons. The Morgan fingerprint density at radius 1 is 0.968 bits per heavy atom. The van der Waals surface area contributed by atoms with E-state index in [-0.39, 0.29) is 18.2 Å². The first-order valence-electron chi connectivity index (χ1n) is 10.8. The summed E-state index contributed by atoms with van der Waals surface area (Å²) in [6.07, 6.45) is 0.591. The van der Waals surface area contributed by atoms with Gasteiger partial charge in [-0.2, -0.15) is 0 Å². The number of rotatable bonds is 3. The summed E-state index contributed by atoms with van der Waals surface area (Å²) in [5.41, 5.74) is 1.00. The van der Waals surface area contributed by atoms with Gasteiger partial charge in [-0.25, -0.2) is 9.59 Å². The molecular weight excluding hydrogens is 392 g/mol. The topological polar surface area (TPSA) is 59.1 Å². The van der Waals surface area contributed by atoms with Crippen molar-refractivity contribution in [2.24, 2.45) is 0 Å². The Bertz CT molecular complexity index is 876. The maximum atomic E-state index is 13.0. The molecule has 2 saturated heterocycles. The fourth-order valence-electron chi connectivity index (χ4n) is 4.35. The van der Waals surface area contributed by atoms with Crippen LogP contribution in [0.15, 0.2) is 60.7 Å². The molecule has 6 nitrogen and oxygen atoms in total. The summed E-state index contributed by atoms with van der Waals surface area (Å²) < 4.78 is 11.5. The molecule has 0 saturated carbocycles. The summed E-state index contributed by atoms with van der Waals surface area (Å²) in [5, 5.41) is 0. The Kier molecular flexibility index (Phi) is 5.65. The first kappa shape index (κ1) is 21.2. The number of likely N-dealkylation sites (tertiary alicyclic amines) is 1. The number of nitrogens with zero attached hydrogens (tertiary/aromatic N) is 2. The molecule has 2 aromatic rings. The molecule has 0 aromatic heterocycles. The highest BCUT2D eigenvalue weighted by molar-refractivity contribution is 5.73. The van der Waals surface area contributed by atoms with E-state index >= 15 is 0 Å². The number of amides is 2. The molecule has 164 valence electrons. The van der Waals surface area contributed by atoms with Gasteiger partial charge in [0.2, 0.25) is 0 Å². The third kappa shape index (κ3) is 4.68. The van der Waals surface area contributed by atoms with Crippen LogP contribution in [0.25, 0.3) is 0 Å². The number of benzene rings is 2. The number of hydrogen-bond donors (Lipinski definition) is 0. The summed E-state index contributed by atoms with van der Waals surface area (Å²) in [5.74, 6) is 0. The highest BCUT2D eigenvalue weighted by Gasteiger charge is 2.50. The van der Waals surface area contributed by atoms with E-state index in [1.807, 2.05) is 86.3 Å². The third-order valence-corrected chi connectivity index (χ3v) is 5.87. The number of carbonyl (C=O) groups is 2. The van der Waals surface area contributed by atoms with Gasteiger partial charge in [0.25, 0.3) is 0 Å². The molecule has 31 heavy (non-hydrogen) atoms. The zero-order valence-corrected chi connectivity index (χ0v) is 18.4. The highest BCUT2D eigenvalue weighted by atomic mass is 16.6. The van der Waals surface area contributed by atoms with Crippen molar-refractivity contribution in [1.29, 1.82) is 0 Å². The van der Waals surface area contributed by atoms with Crippen molar-refractivity contribution in [3.63, 3.8) is 0 Å². The molecule has 2 heterocycles. The van der Waals surface area contributed by atoms with Crippen molar-refractivity contribution in [1.82, 2.24) is 9.80 Å². The number of hydrogen-bond acceptors (Lipinski definition) is 4. The first-order valence-corrected chi connectivity index (χ1v) is 10.8. The van der Waals surface area contributed by atoms with Crippen molar-refractivity contribution in [3.05, 3.63) is 71.8 Å². The summed E-state index contributed by atoms with van der Waals surface area (Å²) in [6, 6.07) is 19.9. The minimum Gasteiger partial charge on any atom is -0.444 e. The van der Waals surface area contributed by atoms with Gasteiger partial charge in [-0.15, -0.1) is 0 Å². The van der Waals surface area contributed by atoms with E-state index in [1.54, 1.807) is 4.90 Å². The highest BCUT2D eigenvalue weighted by Crippen LogP contribution is 2.40. The van der Waals surface area contributed by atoms with Crippen LogP contribution >= 0.6 is 0 Å². The number of carbonyl (C=O) groups excluding carboxylic acids is 2. The van der Waals surface area contributed by atoms with Crippen LogP contribution < -0.4 is 0 Å². The van der Waals surface area contributed by atoms with Gasteiger partial charge in [0.05, 0.1) is 12.6 Å². The summed E-state index contributed by atoms with van der Waals surface area (Å²) in [6.45, 7) is 7.11. The normalized spacial score (nSPS) is 18.4. The lowest BCUT2D eigenvalue weighted by atomic mass is 9.90. The average molecular weight is 423 g/mol. The van der Waals surface area contributed by atoms with Crippen LogP contribution in [0.4, 0.5) is 9.59 Å². The minimum atomic E-state index is -0.572. The molecule has 1 spiro atoms. The molecule has 0 bridgehead atoms.